The molecule has 1 heterocycles. The second-order valence-electron chi connectivity index (χ2n) is 6.65. The number of thioether (sulfide) groups is 1. The molecule has 0 radical (unpaired) electrons. The number of amides is 1. The number of hydrogen-bond acceptors (Lipinski definition) is 3. The highest BCUT2D eigenvalue weighted by Gasteiger charge is 2.39. The third kappa shape index (κ3) is 3.66. The van der Waals surface area contributed by atoms with Crippen molar-refractivity contribution in [3.63, 3.8) is 0 Å². The van der Waals surface area contributed by atoms with Crippen LogP contribution in [0, 0.1) is 0 Å². The Labute approximate surface area is 137 Å². The maximum Gasteiger partial charge on any atom is 0.239 e. The summed E-state index contributed by atoms with van der Waals surface area (Å²) in [6.07, 6.45) is 7.13. The fraction of sp³-hybridized carbons (Fsp3) is 0.611. The smallest absolute Gasteiger partial charge is 0.239 e. The quantitative estimate of drug-likeness (QED) is 0.932. The molecule has 1 atom stereocenters. The second kappa shape index (κ2) is 7.05. The summed E-state index contributed by atoms with van der Waals surface area (Å²) in [5, 5.41) is 0. The van der Waals surface area contributed by atoms with Crippen molar-refractivity contribution in [2.24, 2.45) is 5.73 Å². The van der Waals surface area contributed by atoms with Gasteiger partial charge >= 0.3 is 0 Å². The van der Waals surface area contributed by atoms with E-state index in [2.05, 4.69) is 11.8 Å². The van der Waals surface area contributed by atoms with E-state index in [-0.39, 0.29) is 5.91 Å². The number of nitrogens with two attached hydrogens (primary N) is 1. The van der Waals surface area contributed by atoms with Crippen LogP contribution in [0.15, 0.2) is 30.3 Å². The molecule has 1 aromatic rings. The Morgan fingerprint density at radius 1 is 1.23 bits per heavy atom. The summed E-state index contributed by atoms with van der Waals surface area (Å²) in [5.74, 6) is 1.19. The third-order valence-corrected chi connectivity index (χ3v) is 6.48. The Balaban J connectivity index is 1.61. The van der Waals surface area contributed by atoms with Gasteiger partial charge in [-0.25, -0.2) is 0 Å². The first-order chi connectivity index (χ1) is 10.7. The van der Waals surface area contributed by atoms with Crippen molar-refractivity contribution in [2.75, 3.05) is 18.8 Å². The summed E-state index contributed by atoms with van der Waals surface area (Å²) >= 11 is 2.09. The molecule has 0 aromatic heterocycles. The molecule has 2 fully saturated rings. The van der Waals surface area contributed by atoms with Gasteiger partial charge in [0.15, 0.2) is 0 Å². The molecule has 2 N–H and O–H groups in total. The van der Waals surface area contributed by atoms with Gasteiger partial charge in [0.25, 0.3) is 0 Å². The minimum absolute atomic E-state index is 0.133. The molecule has 0 bridgehead atoms. The number of carbonyl (C=O) groups is 1. The SMILES string of the molecule is N[C@@H](Cc1ccccc1)C(=O)N1CCSC2(CCCCC2)C1. The van der Waals surface area contributed by atoms with Gasteiger partial charge < -0.3 is 10.6 Å². The summed E-state index contributed by atoms with van der Waals surface area (Å²) < 4.78 is 0.318. The van der Waals surface area contributed by atoms with Crippen molar-refractivity contribution >= 4 is 17.7 Å². The van der Waals surface area contributed by atoms with Crippen LogP contribution in [0.4, 0.5) is 0 Å². The van der Waals surface area contributed by atoms with Crippen molar-refractivity contribution in [1.82, 2.24) is 4.90 Å². The van der Waals surface area contributed by atoms with E-state index in [0.29, 0.717) is 11.2 Å². The summed E-state index contributed by atoms with van der Waals surface area (Å²) in [4.78, 5) is 14.8. The lowest BCUT2D eigenvalue weighted by Gasteiger charge is -2.45. The summed E-state index contributed by atoms with van der Waals surface area (Å²) in [7, 11) is 0. The minimum atomic E-state index is -0.411. The minimum Gasteiger partial charge on any atom is -0.339 e. The molecule has 1 amide bonds. The predicted octanol–water partition coefficient (Wildman–Crippen LogP) is 2.83. The van der Waals surface area contributed by atoms with E-state index in [9.17, 15) is 4.79 Å². The molecule has 2 aliphatic rings. The van der Waals surface area contributed by atoms with Crippen molar-refractivity contribution in [3.05, 3.63) is 35.9 Å². The molecule has 1 saturated heterocycles. The largest absolute Gasteiger partial charge is 0.339 e. The predicted molar refractivity (Wildman–Crippen MR) is 93.0 cm³/mol. The van der Waals surface area contributed by atoms with Crippen LogP contribution < -0.4 is 5.73 Å². The molecular weight excluding hydrogens is 292 g/mol. The van der Waals surface area contributed by atoms with Gasteiger partial charge in [-0.1, -0.05) is 49.6 Å². The van der Waals surface area contributed by atoms with E-state index in [1.54, 1.807) is 0 Å². The highest BCUT2D eigenvalue weighted by Crippen LogP contribution is 2.42. The van der Waals surface area contributed by atoms with E-state index in [1.165, 1.54) is 32.1 Å². The third-order valence-electron chi connectivity index (χ3n) is 4.94. The van der Waals surface area contributed by atoms with Gasteiger partial charge in [-0.05, 0) is 24.8 Å². The van der Waals surface area contributed by atoms with Crippen LogP contribution in [0.2, 0.25) is 0 Å². The molecule has 4 heteroatoms. The Morgan fingerprint density at radius 2 is 1.95 bits per heavy atom. The maximum absolute atomic E-state index is 12.7. The fourth-order valence-corrected chi connectivity index (χ4v) is 5.29. The molecule has 0 unspecified atom stereocenters. The van der Waals surface area contributed by atoms with Crippen molar-refractivity contribution in [3.8, 4) is 0 Å². The lowest BCUT2D eigenvalue weighted by Crippen LogP contribution is -2.54. The highest BCUT2D eigenvalue weighted by molar-refractivity contribution is 8.00. The molecule has 22 heavy (non-hydrogen) atoms. The molecule has 3 nitrogen and oxygen atoms in total. The van der Waals surface area contributed by atoms with Gasteiger partial charge in [0.2, 0.25) is 5.91 Å². The monoisotopic (exact) mass is 318 g/mol. The zero-order valence-electron chi connectivity index (χ0n) is 13.2. The van der Waals surface area contributed by atoms with Gasteiger partial charge in [-0.15, -0.1) is 0 Å². The second-order valence-corrected chi connectivity index (χ2v) is 8.21. The molecule has 1 saturated carbocycles. The number of carbonyl (C=O) groups excluding carboxylic acids is 1. The van der Waals surface area contributed by atoms with Gasteiger partial charge in [0.1, 0.15) is 0 Å². The van der Waals surface area contributed by atoms with Crippen LogP contribution in [-0.2, 0) is 11.2 Å². The van der Waals surface area contributed by atoms with Gasteiger partial charge in [0, 0.05) is 23.6 Å². The summed E-state index contributed by atoms with van der Waals surface area (Å²) in [6, 6.07) is 9.67. The van der Waals surface area contributed by atoms with E-state index in [4.69, 9.17) is 5.73 Å². The van der Waals surface area contributed by atoms with E-state index >= 15 is 0 Å². The first kappa shape index (κ1) is 15.9. The molecule has 3 rings (SSSR count). The van der Waals surface area contributed by atoms with E-state index < -0.39 is 6.04 Å². The molecule has 120 valence electrons. The lowest BCUT2D eigenvalue weighted by atomic mass is 9.87. The number of rotatable bonds is 3. The normalized spacial score (nSPS) is 22.5. The highest BCUT2D eigenvalue weighted by atomic mass is 32.2. The Hall–Kier alpha value is -1.00. The Bertz CT molecular complexity index is 494. The number of benzene rings is 1. The topological polar surface area (TPSA) is 46.3 Å². The molecule has 1 aliphatic carbocycles. The van der Waals surface area contributed by atoms with Gasteiger partial charge in [-0.3, -0.25) is 4.79 Å². The van der Waals surface area contributed by atoms with Crippen molar-refractivity contribution in [1.29, 1.82) is 0 Å². The van der Waals surface area contributed by atoms with Crippen LogP contribution in [-0.4, -0.2) is 40.4 Å². The molecule has 1 aromatic carbocycles. The first-order valence-electron chi connectivity index (χ1n) is 8.41. The maximum atomic E-state index is 12.7. The summed E-state index contributed by atoms with van der Waals surface area (Å²) in [5.41, 5.74) is 7.34. The van der Waals surface area contributed by atoms with E-state index in [1.807, 2.05) is 35.2 Å². The zero-order chi connectivity index (χ0) is 15.4. The van der Waals surface area contributed by atoms with Gasteiger partial charge in [-0.2, -0.15) is 11.8 Å². The van der Waals surface area contributed by atoms with Crippen LogP contribution in [0.3, 0.4) is 0 Å². The average molecular weight is 318 g/mol. The van der Waals surface area contributed by atoms with E-state index in [0.717, 1.165) is 24.4 Å². The van der Waals surface area contributed by atoms with Crippen LogP contribution in [0.1, 0.15) is 37.7 Å². The standard InChI is InChI=1S/C18H26N2OS/c19-16(13-15-7-3-1-4-8-15)17(21)20-11-12-22-18(14-20)9-5-2-6-10-18/h1,3-4,7-8,16H,2,5-6,9-14,19H2/t16-/m0/s1. The Morgan fingerprint density at radius 3 is 2.68 bits per heavy atom. The molecule has 1 aliphatic heterocycles. The first-order valence-corrected chi connectivity index (χ1v) is 9.39. The lowest BCUT2D eigenvalue weighted by molar-refractivity contribution is -0.133. The van der Waals surface area contributed by atoms with Crippen LogP contribution >= 0.6 is 11.8 Å². The molecule has 1 spiro atoms. The van der Waals surface area contributed by atoms with Crippen LogP contribution in [0.25, 0.3) is 0 Å². The number of nitrogens with zero attached hydrogens (tertiary/aromatic N) is 1. The fourth-order valence-electron chi connectivity index (χ4n) is 3.72. The van der Waals surface area contributed by atoms with Crippen LogP contribution in [0.5, 0.6) is 0 Å². The van der Waals surface area contributed by atoms with Gasteiger partial charge in [0.05, 0.1) is 6.04 Å². The van der Waals surface area contributed by atoms with Crippen molar-refractivity contribution < 1.29 is 4.79 Å². The average Bonchev–Trinajstić information content (AvgIpc) is 2.56. The zero-order valence-corrected chi connectivity index (χ0v) is 14.0. The summed E-state index contributed by atoms with van der Waals surface area (Å²) in [6.45, 7) is 1.76. The Kier molecular flexibility index (Phi) is 5.09. The molecular formula is C18H26N2OS. The number of hydrogen-bond donors (Lipinski definition) is 1. The van der Waals surface area contributed by atoms with Crippen molar-refractivity contribution in [2.45, 2.75) is 49.3 Å².